The van der Waals surface area contributed by atoms with Crippen LogP contribution in [-0.4, -0.2) is 26.1 Å². The van der Waals surface area contributed by atoms with E-state index in [0.717, 1.165) is 16.9 Å². The van der Waals surface area contributed by atoms with Crippen LogP contribution in [0.3, 0.4) is 0 Å². The lowest BCUT2D eigenvalue weighted by atomic mass is 10.0. The number of Topliss-reactive ketones (excluding diaryl/α,β-unsaturated/α-hetero) is 1. The first kappa shape index (κ1) is 14.3. The average molecular weight is 270 g/mol. The lowest BCUT2D eigenvalue weighted by Crippen LogP contribution is -2.06. The summed E-state index contributed by atoms with van der Waals surface area (Å²) in [5, 5.41) is 0. The molecule has 3 nitrogen and oxygen atoms in total. The fourth-order valence-electron chi connectivity index (χ4n) is 1.97. The van der Waals surface area contributed by atoms with Crippen molar-refractivity contribution in [3.63, 3.8) is 0 Å². The number of ketones is 1. The standard InChI is InChI=1S/C17H18O3/c1-3-20-16-10-8-14(9-11-16)13-4-6-15(7-5-13)17(18)12-19-2/h4-11H,3,12H2,1-2H3. The molecule has 20 heavy (non-hydrogen) atoms. The molecule has 3 heteroatoms. The number of carbonyl (C=O) groups excluding carboxylic acids is 1. The molecule has 0 spiro atoms. The molecule has 0 N–H and O–H groups in total. The van der Waals surface area contributed by atoms with E-state index in [2.05, 4.69) is 0 Å². The summed E-state index contributed by atoms with van der Waals surface area (Å²) < 4.78 is 10.3. The Labute approximate surface area is 119 Å². The first-order valence-electron chi connectivity index (χ1n) is 6.60. The number of hydrogen-bond acceptors (Lipinski definition) is 3. The van der Waals surface area contributed by atoms with Crippen molar-refractivity contribution in [3.05, 3.63) is 54.1 Å². The Kier molecular flexibility index (Phi) is 4.91. The molecule has 0 amide bonds. The monoisotopic (exact) mass is 270 g/mol. The molecule has 0 heterocycles. The summed E-state index contributed by atoms with van der Waals surface area (Å²) in [6.45, 7) is 2.74. The molecule has 0 aliphatic carbocycles. The van der Waals surface area contributed by atoms with E-state index in [0.29, 0.717) is 12.2 Å². The van der Waals surface area contributed by atoms with Crippen LogP contribution in [0, 0.1) is 0 Å². The third-order valence-corrected chi connectivity index (χ3v) is 2.98. The minimum atomic E-state index is -0.00857. The van der Waals surface area contributed by atoms with Crippen molar-refractivity contribution in [2.24, 2.45) is 0 Å². The van der Waals surface area contributed by atoms with E-state index in [-0.39, 0.29) is 12.4 Å². The van der Waals surface area contributed by atoms with Gasteiger partial charge in [0.2, 0.25) is 0 Å². The quantitative estimate of drug-likeness (QED) is 0.753. The average Bonchev–Trinajstić information content (AvgIpc) is 2.49. The van der Waals surface area contributed by atoms with E-state index in [1.807, 2.05) is 55.5 Å². The van der Waals surface area contributed by atoms with E-state index >= 15 is 0 Å². The van der Waals surface area contributed by atoms with Gasteiger partial charge in [0.1, 0.15) is 12.4 Å². The van der Waals surface area contributed by atoms with Crippen molar-refractivity contribution in [2.45, 2.75) is 6.92 Å². The molecule has 0 aliphatic rings. The van der Waals surface area contributed by atoms with E-state index in [1.54, 1.807) is 0 Å². The van der Waals surface area contributed by atoms with Crippen molar-refractivity contribution in [1.29, 1.82) is 0 Å². The first-order chi connectivity index (χ1) is 9.74. The lowest BCUT2D eigenvalue weighted by molar-refractivity contribution is 0.0848. The van der Waals surface area contributed by atoms with Crippen LogP contribution in [0.4, 0.5) is 0 Å². The van der Waals surface area contributed by atoms with E-state index < -0.39 is 0 Å². The largest absolute Gasteiger partial charge is 0.494 e. The van der Waals surface area contributed by atoms with E-state index in [9.17, 15) is 4.79 Å². The summed E-state index contributed by atoms with van der Waals surface area (Å²) in [5.74, 6) is 0.855. The summed E-state index contributed by atoms with van der Waals surface area (Å²) in [6.07, 6.45) is 0. The van der Waals surface area contributed by atoms with Gasteiger partial charge in [-0.3, -0.25) is 4.79 Å². The third kappa shape index (κ3) is 3.45. The molecular formula is C17H18O3. The maximum Gasteiger partial charge on any atom is 0.188 e. The van der Waals surface area contributed by atoms with Crippen LogP contribution >= 0.6 is 0 Å². The van der Waals surface area contributed by atoms with Crippen LogP contribution in [-0.2, 0) is 4.74 Å². The maximum absolute atomic E-state index is 11.7. The smallest absolute Gasteiger partial charge is 0.188 e. The second-order valence-electron chi connectivity index (χ2n) is 4.39. The Morgan fingerprint density at radius 2 is 1.50 bits per heavy atom. The normalized spacial score (nSPS) is 10.3. The number of benzene rings is 2. The van der Waals surface area contributed by atoms with Gasteiger partial charge in [-0.05, 0) is 30.2 Å². The summed E-state index contributed by atoms with van der Waals surface area (Å²) in [4.78, 5) is 11.7. The summed E-state index contributed by atoms with van der Waals surface area (Å²) in [5.41, 5.74) is 2.84. The zero-order valence-corrected chi connectivity index (χ0v) is 11.8. The Morgan fingerprint density at radius 3 is 2.00 bits per heavy atom. The molecule has 0 radical (unpaired) electrons. The van der Waals surface area contributed by atoms with Gasteiger partial charge in [-0.15, -0.1) is 0 Å². The van der Waals surface area contributed by atoms with Crippen LogP contribution in [0.25, 0.3) is 11.1 Å². The lowest BCUT2D eigenvalue weighted by Gasteiger charge is -2.06. The van der Waals surface area contributed by atoms with Gasteiger partial charge in [-0.1, -0.05) is 36.4 Å². The van der Waals surface area contributed by atoms with E-state index in [1.165, 1.54) is 7.11 Å². The Balaban J connectivity index is 2.15. The Hall–Kier alpha value is -2.13. The molecule has 2 rings (SSSR count). The highest BCUT2D eigenvalue weighted by molar-refractivity contribution is 5.97. The maximum atomic E-state index is 11.7. The van der Waals surface area contributed by atoms with Crippen LogP contribution in [0.15, 0.2) is 48.5 Å². The van der Waals surface area contributed by atoms with Gasteiger partial charge in [-0.25, -0.2) is 0 Å². The molecule has 0 atom stereocenters. The summed E-state index contributed by atoms with van der Waals surface area (Å²) in [6, 6.07) is 15.5. The third-order valence-electron chi connectivity index (χ3n) is 2.98. The second-order valence-corrected chi connectivity index (χ2v) is 4.39. The van der Waals surface area contributed by atoms with Crippen molar-refractivity contribution in [2.75, 3.05) is 20.3 Å². The van der Waals surface area contributed by atoms with Gasteiger partial charge in [0.15, 0.2) is 5.78 Å². The Bertz CT molecular complexity index is 556. The van der Waals surface area contributed by atoms with Crippen LogP contribution < -0.4 is 4.74 Å². The molecule has 104 valence electrons. The number of methoxy groups -OCH3 is 1. The summed E-state index contributed by atoms with van der Waals surface area (Å²) in [7, 11) is 1.52. The SMILES string of the molecule is CCOc1ccc(-c2ccc(C(=O)COC)cc2)cc1. The zero-order chi connectivity index (χ0) is 14.4. The van der Waals surface area contributed by atoms with Gasteiger partial charge in [-0.2, -0.15) is 0 Å². The van der Waals surface area contributed by atoms with Gasteiger partial charge >= 0.3 is 0 Å². The van der Waals surface area contributed by atoms with Gasteiger partial charge in [0.25, 0.3) is 0 Å². The molecule has 0 saturated heterocycles. The molecule has 0 unspecified atom stereocenters. The highest BCUT2D eigenvalue weighted by Gasteiger charge is 2.05. The van der Waals surface area contributed by atoms with Gasteiger partial charge < -0.3 is 9.47 Å². The molecule has 2 aromatic rings. The molecule has 0 aromatic heterocycles. The van der Waals surface area contributed by atoms with Crippen molar-refractivity contribution < 1.29 is 14.3 Å². The zero-order valence-electron chi connectivity index (χ0n) is 11.8. The molecule has 0 fully saturated rings. The first-order valence-corrected chi connectivity index (χ1v) is 6.60. The fourth-order valence-corrected chi connectivity index (χ4v) is 1.97. The van der Waals surface area contributed by atoms with E-state index in [4.69, 9.17) is 9.47 Å². The predicted molar refractivity (Wildman–Crippen MR) is 79.3 cm³/mol. The molecular weight excluding hydrogens is 252 g/mol. The second kappa shape index (κ2) is 6.87. The van der Waals surface area contributed by atoms with Crippen LogP contribution in [0.5, 0.6) is 5.75 Å². The number of hydrogen-bond donors (Lipinski definition) is 0. The molecule has 2 aromatic carbocycles. The van der Waals surface area contributed by atoms with Crippen LogP contribution in [0.1, 0.15) is 17.3 Å². The minimum absolute atomic E-state index is 0.00857. The predicted octanol–water partition coefficient (Wildman–Crippen LogP) is 3.58. The molecule has 0 bridgehead atoms. The fraction of sp³-hybridized carbons (Fsp3) is 0.235. The summed E-state index contributed by atoms with van der Waals surface area (Å²) >= 11 is 0. The van der Waals surface area contributed by atoms with Crippen LogP contribution in [0.2, 0.25) is 0 Å². The number of ether oxygens (including phenoxy) is 2. The number of carbonyl (C=O) groups is 1. The van der Waals surface area contributed by atoms with Crippen molar-refractivity contribution in [1.82, 2.24) is 0 Å². The van der Waals surface area contributed by atoms with Crippen molar-refractivity contribution in [3.8, 4) is 16.9 Å². The minimum Gasteiger partial charge on any atom is -0.494 e. The highest BCUT2D eigenvalue weighted by atomic mass is 16.5. The van der Waals surface area contributed by atoms with Crippen molar-refractivity contribution >= 4 is 5.78 Å². The molecule has 0 saturated carbocycles. The van der Waals surface area contributed by atoms with Gasteiger partial charge in [0.05, 0.1) is 6.61 Å². The topological polar surface area (TPSA) is 35.5 Å². The molecule has 0 aliphatic heterocycles. The highest BCUT2D eigenvalue weighted by Crippen LogP contribution is 2.23. The number of rotatable bonds is 6. The Morgan fingerprint density at radius 1 is 0.950 bits per heavy atom. The van der Waals surface area contributed by atoms with Gasteiger partial charge in [0, 0.05) is 12.7 Å².